The Labute approximate surface area is 140 Å². The molecule has 0 radical (unpaired) electrons. The molecule has 1 saturated carbocycles. The van der Waals surface area contributed by atoms with Gasteiger partial charge >= 0.3 is 0 Å². The van der Waals surface area contributed by atoms with Crippen LogP contribution >= 0.6 is 0 Å². The second-order valence-electron chi connectivity index (χ2n) is 7.86. The highest BCUT2D eigenvalue weighted by Gasteiger charge is 2.43. The van der Waals surface area contributed by atoms with E-state index in [4.69, 9.17) is 5.73 Å². The Bertz CT molecular complexity index is 503. The van der Waals surface area contributed by atoms with Gasteiger partial charge in [-0.2, -0.15) is 0 Å². The summed E-state index contributed by atoms with van der Waals surface area (Å²) in [5.74, 6) is 0. The Morgan fingerprint density at radius 2 is 1.70 bits per heavy atom. The van der Waals surface area contributed by atoms with Crippen LogP contribution in [0.4, 0.5) is 0 Å². The van der Waals surface area contributed by atoms with Gasteiger partial charge in [0.15, 0.2) is 0 Å². The molecule has 4 rings (SSSR count). The van der Waals surface area contributed by atoms with Crippen molar-refractivity contribution in [2.24, 2.45) is 5.73 Å². The summed E-state index contributed by atoms with van der Waals surface area (Å²) in [5, 5.41) is 3.98. The molecule has 1 aromatic rings. The molecule has 23 heavy (non-hydrogen) atoms. The summed E-state index contributed by atoms with van der Waals surface area (Å²) in [6.07, 6.45) is 10.6. The number of hydrogen-bond donors (Lipinski definition) is 2. The predicted molar refractivity (Wildman–Crippen MR) is 95.2 cm³/mol. The lowest BCUT2D eigenvalue weighted by Crippen LogP contribution is -2.58. The normalized spacial score (nSPS) is 37.9. The number of fused-ring (bicyclic) bond motifs is 2. The summed E-state index contributed by atoms with van der Waals surface area (Å²) in [6, 6.07) is 14.1. The SMILES string of the molecule is NC1CCCCC1N[C@@H]1CC[C@H]2CC[C@@H]1N2Cc1ccccc1. The van der Waals surface area contributed by atoms with Crippen LogP contribution in [0.5, 0.6) is 0 Å². The van der Waals surface area contributed by atoms with Crippen LogP contribution in [-0.2, 0) is 6.54 Å². The number of hydrogen-bond acceptors (Lipinski definition) is 3. The van der Waals surface area contributed by atoms with Gasteiger partial charge in [0.2, 0.25) is 0 Å². The van der Waals surface area contributed by atoms with Crippen LogP contribution in [0.25, 0.3) is 0 Å². The summed E-state index contributed by atoms with van der Waals surface area (Å²) < 4.78 is 0. The van der Waals surface area contributed by atoms with Crippen molar-refractivity contribution < 1.29 is 0 Å². The zero-order valence-corrected chi connectivity index (χ0v) is 14.2. The monoisotopic (exact) mass is 313 g/mol. The third-order valence-electron chi connectivity index (χ3n) is 6.42. The van der Waals surface area contributed by atoms with Crippen molar-refractivity contribution in [3.8, 4) is 0 Å². The van der Waals surface area contributed by atoms with Gasteiger partial charge in [0.1, 0.15) is 0 Å². The van der Waals surface area contributed by atoms with E-state index in [1.54, 1.807) is 0 Å². The smallest absolute Gasteiger partial charge is 0.0256 e. The van der Waals surface area contributed by atoms with Crippen LogP contribution in [0.3, 0.4) is 0 Å². The number of nitrogens with zero attached hydrogens (tertiary/aromatic N) is 1. The fourth-order valence-electron chi connectivity index (χ4n) is 5.15. The summed E-state index contributed by atoms with van der Waals surface area (Å²) in [4.78, 5) is 2.78. The summed E-state index contributed by atoms with van der Waals surface area (Å²) in [6.45, 7) is 1.12. The third kappa shape index (κ3) is 3.33. The molecule has 2 saturated heterocycles. The van der Waals surface area contributed by atoms with Gasteiger partial charge in [-0.1, -0.05) is 43.2 Å². The van der Waals surface area contributed by atoms with Crippen molar-refractivity contribution in [2.45, 2.75) is 88.1 Å². The molecule has 126 valence electrons. The van der Waals surface area contributed by atoms with Gasteiger partial charge in [0, 0.05) is 36.8 Å². The molecule has 3 aliphatic rings. The van der Waals surface area contributed by atoms with Crippen molar-refractivity contribution in [1.29, 1.82) is 0 Å². The fourth-order valence-corrected chi connectivity index (χ4v) is 5.15. The second-order valence-corrected chi connectivity index (χ2v) is 7.86. The molecule has 3 fully saturated rings. The minimum atomic E-state index is 0.366. The Balaban J connectivity index is 1.43. The number of nitrogens with one attached hydrogen (secondary N) is 1. The lowest BCUT2D eigenvalue weighted by Gasteiger charge is -2.43. The first-order valence-electron chi connectivity index (χ1n) is 9.62. The Hall–Kier alpha value is -0.900. The minimum absolute atomic E-state index is 0.366. The molecule has 5 atom stereocenters. The van der Waals surface area contributed by atoms with Crippen LogP contribution in [0.1, 0.15) is 56.9 Å². The summed E-state index contributed by atoms with van der Waals surface area (Å²) in [7, 11) is 0. The van der Waals surface area contributed by atoms with Crippen molar-refractivity contribution in [3.05, 3.63) is 35.9 Å². The quantitative estimate of drug-likeness (QED) is 0.898. The summed E-state index contributed by atoms with van der Waals surface area (Å²) in [5.41, 5.74) is 7.83. The average Bonchev–Trinajstić information content (AvgIpc) is 2.84. The zero-order chi connectivity index (χ0) is 15.6. The molecule has 0 aromatic heterocycles. The van der Waals surface area contributed by atoms with Crippen LogP contribution in [-0.4, -0.2) is 35.1 Å². The Kier molecular flexibility index (Phi) is 4.70. The van der Waals surface area contributed by atoms with E-state index < -0.39 is 0 Å². The topological polar surface area (TPSA) is 41.3 Å². The maximum atomic E-state index is 6.38. The predicted octanol–water partition coefficient (Wildman–Crippen LogP) is 3.04. The summed E-state index contributed by atoms with van der Waals surface area (Å²) >= 11 is 0. The van der Waals surface area contributed by atoms with Crippen molar-refractivity contribution >= 4 is 0 Å². The first-order chi connectivity index (χ1) is 11.3. The highest BCUT2D eigenvalue weighted by molar-refractivity contribution is 5.16. The molecule has 3 N–H and O–H groups in total. The lowest BCUT2D eigenvalue weighted by atomic mass is 9.88. The molecule has 0 spiro atoms. The van der Waals surface area contributed by atoms with Crippen molar-refractivity contribution in [1.82, 2.24) is 10.2 Å². The Morgan fingerprint density at radius 1 is 0.913 bits per heavy atom. The number of benzene rings is 1. The fraction of sp³-hybridized carbons (Fsp3) is 0.700. The van der Waals surface area contributed by atoms with Gasteiger partial charge < -0.3 is 11.1 Å². The van der Waals surface area contributed by atoms with Crippen LogP contribution in [0.2, 0.25) is 0 Å². The van der Waals surface area contributed by atoms with Crippen molar-refractivity contribution in [3.63, 3.8) is 0 Å². The van der Waals surface area contributed by atoms with E-state index in [0.29, 0.717) is 24.2 Å². The highest BCUT2D eigenvalue weighted by atomic mass is 15.3. The van der Waals surface area contributed by atoms with Gasteiger partial charge in [-0.15, -0.1) is 0 Å². The largest absolute Gasteiger partial charge is 0.326 e. The van der Waals surface area contributed by atoms with Gasteiger partial charge in [0.05, 0.1) is 0 Å². The lowest BCUT2D eigenvalue weighted by molar-refractivity contribution is 0.0905. The van der Waals surface area contributed by atoms with Gasteiger partial charge in [-0.05, 0) is 44.1 Å². The molecule has 2 unspecified atom stereocenters. The van der Waals surface area contributed by atoms with Crippen LogP contribution in [0.15, 0.2) is 30.3 Å². The maximum absolute atomic E-state index is 6.38. The molecule has 1 aromatic carbocycles. The van der Waals surface area contributed by atoms with E-state index in [0.717, 1.165) is 12.6 Å². The molecule has 3 heteroatoms. The number of piperidine rings is 1. The van der Waals surface area contributed by atoms with E-state index in [-0.39, 0.29) is 0 Å². The molecule has 2 bridgehead atoms. The van der Waals surface area contributed by atoms with E-state index in [9.17, 15) is 0 Å². The molecule has 2 heterocycles. The van der Waals surface area contributed by atoms with Gasteiger partial charge in [0.25, 0.3) is 0 Å². The van der Waals surface area contributed by atoms with Gasteiger partial charge in [-0.3, -0.25) is 4.90 Å². The molecule has 0 amide bonds. The van der Waals surface area contributed by atoms with E-state index in [2.05, 4.69) is 40.5 Å². The first-order valence-corrected chi connectivity index (χ1v) is 9.62. The first kappa shape index (κ1) is 15.6. The van der Waals surface area contributed by atoms with Gasteiger partial charge in [-0.25, -0.2) is 0 Å². The van der Waals surface area contributed by atoms with E-state index >= 15 is 0 Å². The standard InChI is InChI=1S/C20H31N3/c21-17-8-4-5-9-18(17)22-19-12-10-16-11-13-20(19)23(16)14-15-6-2-1-3-7-15/h1-3,6-7,16-20,22H,4-5,8-14,21H2/t16-,17?,18?,19+,20-/m0/s1. The molecule has 1 aliphatic carbocycles. The minimum Gasteiger partial charge on any atom is -0.326 e. The molecule has 3 nitrogen and oxygen atoms in total. The number of nitrogens with two attached hydrogens (primary N) is 1. The van der Waals surface area contributed by atoms with Crippen molar-refractivity contribution in [2.75, 3.05) is 0 Å². The zero-order valence-electron chi connectivity index (χ0n) is 14.2. The number of rotatable bonds is 4. The van der Waals surface area contributed by atoms with Crippen LogP contribution < -0.4 is 11.1 Å². The molecular formula is C20H31N3. The maximum Gasteiger partial charge on any atom is 0.0256 e. The Morgan fingerprint density at radius 3 is 2.52 bits per heavy atom. The molecular weight excluding hydrogens is 282 g/mol. The van der Waals surface area contributed by atoms with E-state index in [1.807, 2.05) is 0 Å². The van der Waals surface area contributed by atoms with Crippen LogP contribution in [0, 0.1) is 0 Å². The molecule has 2 aliphatic heterocycles. The van der Waals surface area contributed by atoms with E-state index in [1.165, 1.54) is 56.9 Å². The second kappa shape index (κ2) is 6.92. The third-order valence-corrected chi connectivity index (χ3v) is 6.42. The highest BCUT2D eigenvalue weighted by Crippen LogP contribution is 2.37. The average molecular weight is 313 g/mol.